The molecule has 0 bridgehead atoms. The lowest BCUT2D eigenvalue weighted by molar-refractivity contribution is 0.602. The summed E-state index contributed by atoms with van der Waals surface area (Å²) in [7, 11) is -1.46. The van der Waals surface area contributed by atoms with Gasteiger partial charge in [0.2, 0.25) is 0 Å². The Kier molecular flexibility index (Phi) is 3.28. The molecule has 0 unspecified atom stereocenters. The first-order valence-corrected chi connectivity index (χ1v) is 7.11. The predicted molar refractivity (Wildman–Crippen MR) is 65.7 cm³/mol. The number of nitrogens with zero attached hydrogens (tertiary/aromatic N) is 4. The van der Waals surface area contributed by atoms with Gasteiger partial charge in [0.05, 0.1) is 18.5 Å². The van der Waals surface area contributed by atoms with Gasteiger partial charge >= 0.3 is 0 Å². The molecule has 2 rings (SSSR count). The summed E-state index contributed by atoms with van der Waals surface area (Å²) in [5.74, 6) is 0.574. The van der Waals surface area contributed by atoms with Gasteiger partial charge in [-0.2, -0.15) is 4.80 Å². The second-order valence-electron chi connectivity index (χ2n) is 3.85. The van der Waals surface area contributed by atoms with Crippen LogP contribution in [0.15, 0.2) is 29.2 Å². The second-order valence-corrected chi connectivity index (χ2v) is 5.86. The van der Waals surface area contributed by atoms with Crippen molar-refractivity contribution in [2.45, 2.75) is 11.4 Å². The van der Waals surface area contributed by atoms with Crippen molar-refractivity contribution in [2.24, 2.45) is 7.05 Å². The number of benzene rings is 1. The van der Waals surface area contributed by atoms with E-state index in [1.54, 1.807) is 31.3 Å². The normalized spacial score (nSPS) is 11.4. The van der Waals surface area contributed by atoms with Gasteiger partial charge < -0.3 is 5.32 Å². The standard InChI is InChI=1S/C10H13N5O2S/c1-15-13-10(12-14-15)7-11-8-3-5-9(6-4-8)18(2,16)17/h3-6,11H,7H2,1-2H3. The molecule has 0 radical (unpaired) electrons. The molecule has 1 heterocycles. The summed E-state index contributed by atoms with van der Waals surface area (Å²) in [5, 5.41) is 14.6. The van der Waals surface area contributed by atoms with Gasteiger partial charge in [-0.05, 0) is 29.5 Å². The number of hydrogen-bond donors (Lipinski definition) is 1. The average molecular weight is 267 g/mol. The Morgan fingerprint density at radius 3 is 2.44 bits per heavy atom. The maximum absolute atomic E-state index is 11.3. The molecule has 0 aliphatic rings. The van der Waals surface area contributed by atoms with Crippen LogP contribution in [0.25, 0.3) is 0 Å². The summed E-state index contributed by atoms with van der Waals surface area (Å²) in [6.45, 7) is 0.437. The molecule has 96 valence electrons. The maximum atomic E-state index is 11.3. The van der Waals surface area contributed by atoms with Crippen molar-refractivity contribution < 1.29 is 8.42 Å². The largest absolute Gasteiger partial charge is 0.378 e. The molecular weight excluding hydrogens is 254 g/mol. The van der Waals surface area contributed by atoms with Crippen molar-refractivity contribution in [1.82, 2.24) is 20.2 Å². The number of nitrogens with one attached hydrogen (secondary N) is 1. The fraction of sp³-hybridized carbons (Fsp3) is 0.300. The van der Waals surface area contributed by atoms with Crippen LogP contribution < -0.4 is 5.32 Å². The smallest absolute Gasteiger partial charge is 0.193 e. The third-order valence-electron chi connectivity index (χ3n) is 2.28. The summed E-state index contributed by atoms with van der Waals surface area (Å²) >= 11 is 0. The fourth-order valence-electron chi connectivity index (χ4n) is 1.40. The molecule has 0 aliphatic heterocycles. The van der Waals surface area contributed by atoms with Crippen molar-refractivity contribution >= 4 is 15.5 Å². The maximum Gasteiger partial charge on any atom is 0.193 e. The minimum atomic E-state index is -3.15. The molecule has 0 amide bonds. The Morgan fingerprint density at radius 1 is 1.28 bits per heavy atom. The van der Waals surface area contributed by atoms with E-state index in [1.807, 2.05) is 0 Å². The third-order valence-corrected chi connectivity index (χ3v) is 3.41. The van der Waals surface area contributed by atoms with Crippen molar-refractivity contribution in [2.75, 3.05) is 11.6 Å². The molecule has 1 aromatic carbocycles. The topological polar surface area (TPSA) is 89.8 Å². The number of aryl methyl sites for hydroxylation is 1. The van der Waals surface area contributed by atoms with Crippen LogP contribution in [-0.2, 0) is 23.4 Å². The minimum Gasteiger partial charge on any atom is -0.378 e. The molecule has 0 saturated heterocycles. The lowest BCUT2D eigenvalue weighted by Crippen LogP contribution is -2.03. The molecule has 2 aromatic rings. The second kappa shape index (κ2) is 4.73. The van der Waals surface area contributed by atoms with Crippen LogP contribution in [0, 0.1) is 0 Å². The molecule has 0 fully saturated rings. The molecule has 8 heteroatoms. The van der Waals surface area contributed by atoms with Crippen molar-refractivity contribution in [1.29, 1.82) is 0 Å². The number of rotatable bonds is 4. The first kappa shape index (κ1) is 12.5. The van der Waals surface area contributed by atoms with E-state index in [0.717, 1.165) is 5.69 Å². The minimum absolute atomic E-state index is 0.297. The van der Waals surface area contributed by atoms with Crippen molar-refractivity contribution in [3.63, 3.8) is 0 Å². The van der Waals surface area contributed by atoms with Gasteiger partial charge in [0, 0.05) is 11.9 Å². The zero-order chi connectivity index (χ0) is 13.2. The highest BCUT2D eigenvalue weighted by Gasteiger charge is 2.06. The van der Waals surface area contributed by atoms with E-state index in [-0.39, 0.29) is 0 Å². The number of tetrazole rings is 1. The van der Waals surface area contributed by atoms with E-state index in [4.69, 9.17) is 0 Å². The fourth-order valence-corrected chi connectivity index (χ4v) is 2.03. The lowest BCUT2D eigenvalue weighted by Gasteiger charge is -2.04. The zero-order valence-corrected chi connectivity index (χ0v) is 10.8. The van der Waals surface area contributed by atoms with Gasteiger partial charge in [0.15, 0.2) is 15.7 Å². The molecule has 1 aromatic heterocycles. The van der Waals surface area contributed by atoms with Gasteiger partial charge in [-0.3, -0.25) is 0 Å². The Balaban J connectivity index is 2.03. The van der Waals surface area contributed by atoms with E-state index in [2.05, 4.69) is 20.7 Å². The van der Waals surface area contributed by atoms with Crippen molar-refractivity contribution in [3.8, 4) is 0 Å². The van der Waals surface area contributed by atoms with E-state index in [0.29, 0.717) is 17.3 Å². The van der Waals surface area contributed by atoms with Gasteiger partial charge in [-0.25, -0.2) is 8.42 Å². The van der Waals surface area contributed by atoms with Crippen molar-refractivity contribution in [3.05, 3.63) is 30.1 Å². The first-order chi connectivity index (χ1) is 8.45. The SMILES string of the molecule is Cn1nnc(CNc2ccc(S(C)(=O)=O)cc2)n1. The summed E-state index contributed by atoms with van der Waals surface area (Å²) in [5.41, 5.74) is 0.801. The summed E-state index contributed by atoms with van der Waals surface area (Å²) in [6, 6.07) is 6.52. The highest BCUT2D eigenvalue weighted by molar-refractivity contribution is 7.90. The highest BCUT2D eigenvalue weighted by Crippen LogP contribution is 2.14. The van der Waals surface area contributed by atoms with Crippen LogP contribution >= 0.6 is 0 Å². The predicted octanol–water partition coefficient (Wildman–Crippen LogP) is 0.226. The van der Waals surface area contributed by atoms with E-state index >= 15 is 0 Å². The van der Waals surface area contributed by atoms with Gasteiger partial charge in [0.1, 0.15) is 0 Å². The van der Waals surface area contributed by atoms with Crippen LogP contribution in [0.1, 0.15) is 5.82 Å². The quantitative estimate of drug-likeness (QED) is 0.852. The first-order valence-electron chi connectivity index (χ1n) is 5.22. The van der Waals surface area contributed by atoms with Crippen LogP contribution in [0.4, 0.5) is 5.69 Å². The van der Waals surface area contributed by atoms with Crippen LogP contribution in [0.5, 0.6) is 0 Å². The molecule has 7 nitrogen and oxygen atoms in total. The molecular formula is C10H13N5O2S. The number of sulfone groups is 1. The van der Waals surface area contributed by atoms with E-state index in [9.17, 15) is 8.42 Å². The number of aromatic nitrogens is 4. The van der Waals surface area contributed by atoms with Gasteiger partial charge in [-0.15, -0.1) is 10.2 Å². The molecule has 18 heavy (non-hydrogen) atoms. The third kappa shape index (κ3) is 3.04. The lowest BCUT2D eigenvalue weighted by atomic mass is 10.3. The average Bonchev–Trinajstić information content (AvgIpc) is 2.72. The van der Waals surface area contributed by atoms with Crippen LogP contribution in [-0.4, -0.2) is 34.9 Å². The van der Waals surface area contributed by atoms with Gasteiger partial charge in [0.25, 0.3) is 0 Å². The molecule has 0 saturated carbocycles. The summed E-state index contributed by atoms with van der Waals surface area (Å²) in [6.07, 6.45) is 1.18. The number of anilines is 1. The van der Waals surface area contributed by atoms with E-state index < -0.39 is 9.84 Å². The van der Waals surface area contributed by atoms with Crippen LogP contribution in [0.2, 0.25) is 0 Å². The molecule has 0 atom stereocenters. The highest BCUT2D eigenvalue weighted by atomic mass is 32.2. The summed E-state index contributed by atoms with van der Waals surface area (Å²) in [4.78, 5) is 1.68. The Labute approximate surface area is 105 Å². The number of hydrogen-bond acceptors (Lipinski definition) is 6. The molecule has 0 spiro atoms. The van der Waals surface area contributed by atoms with E-state index in [1.165, 1.54) is 11.1 Å². The Morgan fingerprint density at radius 2 is 1.94 bits per heavy atom. The van der Waals surface area contributed by atoms with Gasteiger partial charge in [-0.1, -0.05) is 0 Å². The molecule has 1 N–H and O–H groups in total. The Bertz CT molecular complexity index is 633. The summed E-state index contributed by atoms with van der Waals surface area (Å²) < 4.78 is 22.5. The zero-order valence-electron chi connectivity index (χ0n) is 10.0. The van der Waals surface area contributed by atoms with Crippen LogP contribution in [0.3, 0.4) is 0 Å². The Hall–Kier alpha value is -1.96. The molecule has 0 aliphatic carbocycles. The monoisotopic (exact) mass is 267 g/mol.